The van der Waals surface area contributed by atoms with E-state index in [1.807, 2.05) is 12.1 Å². The lowest BCUT2D eigenvalue weighted by atomic mass is 10.1. The number of carbonyl (C=O) groups excluding carboxylic acids is 1. The topological polar surface area (TPSA) is 84.5 Å². The molecular formula is C22H19Br2ClN2O4S. The maximum atomic E-state index is 12.7. The molecule has 3 aromatic carbocycles. The third-order valence-electron chi connectivity index (χ3n) is 4.56. The van der Waals surface area contributed by atoms with Gasteiger partial charge in [0.15, 0.2) is 0 Å². The van der Waals surface area contributed by atoms with Crippen molar-refractivity contribution in [3.05, 3.63) is 91.8 Å². The Morgan fingerprint density at radius 2 is 1.69 bits per heavy atom. The molecule has 0 saturated heterocycles. The second-order valence-electron chi connectivity index (χ2n) is 6.74. The number of hydrogen-bond acceptors (Lipinski definition) is 4. The summed E-state index contributed by atoms with van der Waals surface area (Å²) in [7, 11) is -2.25. The van der Waals surface area contributed by atoms with Crippen LogP contribution >= 0.6 is 43.5 Å². The van der Waals surface area contributed by atoms with E-state index >= 15 is 0 Å². The number of benzene rings is 3. The lowest BCUT2D eigenvalue weighted by Crippen LogP contribution is -2.29. The van der Waals surface area contributed by atoms with Crippen LogP contribution in [-0.4, -0.2) is 28.0 Å². The predicted molar refractivity (Wildman–Crippen MR) is 133 cm³/mol. The van der Waals surface area contributed by atoms with Gasteiger partial charge in [-0.25, -0.2) is 8.42 Å². The van der Waals surface area contributed by atoms with E-state index in [1.54, 1.807) is 43.5 Å². The molecule has 0 fully saturated rings. The summed E-state index contributed by atoms with van der Waals surface area (Å²) in [5, 5.41) is 3.44. The molecule has 1 unspecified atom stereocenters. The highest BCUT2D eigenvalue weighted by Crippen LogP contribution is 2.27. The number of methoxy groups -OCH3 is 1. The standard InChI is InChI=1S/C22H19Br2ClN2O4S/c1-31-20(14-2-7-17(25)8-3-14)13-26-22(28)15-4-9-18(10-5-15)27-32(29,30)21-12-16(23)6-11-19(21)24/h2-12,20,27H,13H2,1H3,(H,26,28). The van der Waals surface area contributed by atoms with Crippen molar-refractivity contribution < 1.29 is 17.9 Å². The fourth-order valence-corrected chi connectivity index (χ4v) is 5.57. The van der Waals surface area contributed by atoms with Crippen LogP contribution in [0.25, 0.3) is 0 Å². The SMILES string of the molecule is COC(CNC(=O)c1ccc(NS(=O)(=O)c2cc(Br)ccc2Br)cc1)c1ccc(Cl)cc1. The van der Waals surface area contributed by atoms with Gasteiger partial charge in [-0.3, -0.25) is 9.52 Å². The van der Waals surface area contributed by atoms with Gasteiger partial charge in [0.1, 0.15) is 4.90 Å². The van der Waals surface area contributed by atoms with Gasteiger partial charge in [-0.1, -0.05) is 39.7 Å². The minimum atomic E-state index is -3.81. The Morgan fingerprint density at radius 3 is 2.31 bits per heavy atom. The summed E-state index contributed by atoms with van der Waals surface area (Å²) in [4.78, 5) is 12.6. The van der Waals surface area contributed by atoms with Crippen molar-refractivity contribution in [2.75, 3.05) is 18.4 Å². The van der Waals surface area contributed by atoms with E-state index in [9.17, 15) is 13.2 Å². The lowest BCUT2D eigenvalue weighted by Gasteiger charge is -2.17. The predicted octanol–water partition coefficient (Wildman–Crippen LogP) is 5.78. The average molecular weight is 603 g/mol. The third kappa shape index (κ3) is 6.32. The first-order chi connectivity index (χ1) is 15.2. The number of ether oxygens (including phenoxy) is 1. The van der Waals surface area contributed by atoms with Gasteiger partial charge in [-0.15, -0.1) is 0 Å². The number of nitrogens with one attached hydrogen (secondary N) is 2. The zero-order valence-electron chi connectivity index (χ0n) is 16.8. The van der Waals surface area contributed by atoms with Crippen molar-refractivity contribution >= 4 is 65.1 Å². The molecule has 0 aliphatic carbocycles. The van der Waals surface area contributed by atoms with E-state index < -0.39 is 10.0 Å². The highest BCUT2D eigenvalue weighted by Gasteiger charge is 2.19. The quantitative estimate of drug-likeness (QED) is 0.342. The van der Waals surface area contributed by atoms with Crippen molar-refractivity contribution in [1.29, 1.82) is 0 Å². The van der Waals surface area contributed by atoms with Gasteiger partial charge in [0.05, 0.1) is 6.10 Å². The van der Waals surface area contributed by atoms with E-state index in [2.05, 4.69) is 41.9 Å². The smallest absolute Gasteiger partial charge is 0.263 e. The molecule has 0 aromatic heterocycles. The van der Waals surface area contributed by atoms with Crippen molar-refractivity contribution in [2.45, 2.75) is 11.0 Å². The van der Waals surface area contributed by atoms with Crippen LogP contribution in [-0.2, 0) is 14.8 Å². The Morgan fingerprint density at radius 1 is 1.03 bits per heavy atom. The summed E-state index contributed by atoms with van der Waals surface area (Å²) in [5.74, 6) is -0.301. The Hall–Kier alpha value is -1.91. The molecule has 0 aliphatic heterocycles. The summed E-state index contributed by atoms with van der Waals surface area (Å²) in [6, 6.07) is 18.2. The molecule has 0 bridgehead atoms. The molecule has 0 radical (unpaired) electrons. The first-order valence-corrected chi connectivity index (χ1v) is 12.8. The van der Waals surface area contributed by atoms with E-state index in [4.69, 9.17) is 16.3 Å². The van der Waals surface area contributed by atoms with E-state index in [0.29, 0.717) is 25.2 Å². The monoisotopic (exact) mass is 600 g/mol. The first kappa shape index (κ1) is 24.7. The number of anilines is 1. The van der Waals surface area contributed by atoms with Crippen LogP contribution in [0.3, 0.4) is 0 Å². The zero-order chi connectivity index (χ0) is 23.3. The largest absolute Gasteiger partial charge is 0.375 e. The van der Waals surface area contributed by atoms with Crippen LogP contribution in [0.15, 0.2) is 80.6 Å². The van der Waals surface area contributed by atoms with Gasteiger partial charge >= 0.3 is 0 Å². The lowest BCUT2D eigenvalue weighted by molar-refractivity contribution is 0.0828. The second-order valence-corrected chi connectivity index (χ2v) is 10.6. The van der Waals surface area contributed by atoms with Crippen LogP contribution in [0.4, 0.5) is 5.69 Å². The van der Waals surface area contributed by atoms with Gasteiger partial charge in [0.25, 0.3) is 15.9 Å². The van der Waals surface area contributed by atoms with Crippen LogP contribution in [0.1, 0.15) is 22.0 Å². The molecule has 1 atom stereocenters. The van der Waals surface area contributed by atoms with E-state index in [-0.39, 0.29) is 23.5 Å². The molecule has 3 rings (SSSR count). The Balaban J connectivity index is 1.65. The van der Waals surface area contributed by atoms with E-state index in [0.717, 1.165) is 5.56 Å². The van der Waals surface area contributed by atoms with Gasteiger partial charge in [-0.2, -0.15) is 0 Å². The van der Waals surface area contributed by atoms with Crippen molar-refractivity contribution in [3.8, 4) is 0 Å². The van der Waals surface area contributed by atoms with Crippen LogP contribution in [0.5, 0.6) is 0 Å². The van der Waals surface area contributed by atoms with Crippen LogP contribution < -0.4 is 10.0 Å². The number of rotatable bonds is 8. The number of hydrogen-bond donors (Lipinski definition) is 2. The maximum absolute atomic E-state index is 12.7. The summed E-state index contributed by atoms with van der Waals surface area (Å²) < 4.78 is 34.4. The molecular weight excluding hydrogens is 584 g/mol. The number of sulfonamides is 1. The van der Waals surface area contributed by atoms with Crippen molar-refractivity contribution in [3.63, 3.8) is 0 Å². The third-order valence-corrected chi connectivity index (χ3v) is 7.68. The highest BCUT2D eigenvalue weighted by molar-refractivity contribution is 9.11. The minimum Gasteiger partial charge on any atom is -0.375 e. The average Bonchev–Trinajstić information content (AvgIpc) is 2.77. The molecule has 0 spiro atoms. The van der Waals surface area contributed by atoms with Gasteiger partial charge in [0, 0.05) is 38.9 Å². The number of carbonyl (C=O) groups is 1. The summed E-state index contributed by atoms with van der Waals surface area (Å²) in [6.45, 7) is 0.266. The fraction of sp³-hybridized carbons (Fsp3) is 0.136. The van der Waals surface area contributed by atoms with E-state index in [1.165, 1.54) is 18.2 Å². The van der Waals surface area contributed by atoms with Crippen molar-refractivity contribution in [1.82, 2.24) is 5.32 Å². The zero-order valence-corrected chi connectivity index (χ0v) is 21.6. The molecule has 3 aromatic rings. The molecule has 1 amide bonds. The molecule has 0 saturated carbocycles. The second kappa shape index (κ2) is 10.8. The number of amides is 1. The van der Waals surface area contributed by atoms with Crippen molar-refractivity contribution in [2.24, 2.45) is 0 Å². The molecule has 168 valence electrons. The molecule has 0 aliphatic rings. The Bertz CT molecular complexity index is 1200. The molecule has 6 nitrogen and oxygen atoms in total. The Kier molecular flexibility index (Phi) is 8.35. The normalized spacial score (nSPS) is 12.2. The number of halogens is 3. The van der Waals surface area contributed by atoms with Crippen LogP contribution in [0, 0.1) is 0 Å². The molecule has 0 heterocycles. The minimum absolute atomic E-state index is 0.0986. The molecule has 10 heteroatoms. The Labute approximate surface area is 208 Å². The summed E-state index contributed by atoms with van der Waals surface area (Å²) in [5.41, 5.74) is 1.62. The molecule has 2 N–H and O–H groups in total. The molecule has 32 heavy (non-hydrogen) atoms. The van der Waals surface area contributed by atoms with Gasteiger partial charge in [0.2, 0.25) is 0 Å². The van der Waals surface area contributed by atoms with Gasteiger partial charge < -0.3 is 10.1 Å². The summed E-state index contributed by atoms with van der Waals surface area (Å²) >= 11 is 12.4. The first-order valence-electron chi connectivity index (χ1n) is 9.34. The fourth-order valence-electron chi connectivity index (χ4n) is 2.89. The maximum Gasteiger partial charge on any atom is 0.263 e. The van der Waals surface area contributed by atoms with Gasteiger partial charge in [-0.05, 0) is 76.1 Å². The highest BCUT2D eigenvalue weighted by atomic mass is 79.9. The van der Waals surface area contributed by atoms with Crippen LogP contribution in [0.2, 0.25) is 5.02 Å². The summed E-state index contributed by atoms with van der Waals surface area (Å²) in [6.07, 6.45) is -0.328.